The number of hydrazone groups is 1. The maximum absolute atomic E-state index is 13.7. The molecule has 28 heavy (non-hydrogen) atoms. The fourth-order valence-corrected chi connectivity index (χ4v) is 3.24. The van der Waals surface area contributed by atoms with Crippen LogP contribution in [0.2, 0.25) is 5.15 Å². The highest BCUT2D eigenvalue weighted by Gasteiger charge is 2.39. The minimum atomic E-state index is -0.720. The number of halogens is 4. The molecular weight excluding hydrogens is 397 g/mol. The van der Waals surface area contributed by atoms with Gasteiger partial charge in [0, 0.05) is 18.7 Å². The zero-order valence-electron chi connectivity index (χ0n) is 14.4. The van der Waals surface area contributed by atoms with Gasteiger partial charge in [-0.3, -0.25) is 0 Å². The van der Waals surface area contributed by atoms with Gasteiger partial charge in [0.1, 0.15) is 22.9 Å². The van der Waals surface area contributed by atoms with Crippen molar-refractivity contribution in [1.82, 2.24) is 14.9 Å². The van der Waals surface area contributed by atoms with Gasteiger partial charge < -0.3 is 9.64 Å². The lowest BCUT2D eigenvalue weighted by Crippen LogP contribution is -2.59. The van der Waals surface area contributed by atoms with Crippen molar-refractivity contribution < 1.29 is 22.7 Å². The molecule has 10 heteroatoms. The lowest BCUT2D eigenvalue weighted by Gasteiger charge is -2.40. The Bertz CT molecular complexity index is 932. The number of likely N-dealkylation sites (tertiary alicyclic amines) is 1. The molecule has 1 fully saturated rings. The smallest absolute Gasteiger partial charge is 0.341 e. The molecule has 1 atom stereocenters. The molecule has 6 nitrogen and oxygen atoms in total. The van der Waals surface area contributed by atoms with Crippen LogP contribution in [-0.4, -0.2) is 46.3 Å². The van der Waals surface area contributed by atoms with E-state index in [4.69, 9.17) is 16.3 Å². The van der Waals surface area contributed by atoms with Gasteiger partial charge in [0.15, 0.2) is 5.82 Å². The van der Waals surface area contributed by atoms with Gasteiger partial charge >= 0.3 is 6.03 Å². The summed E-state index contributed by atoms with van der Waals surface area (Å²) in [6.07, 6.45) is 1.42. The molecule has 1 saturated heterocycles. The van der Waals surface area contributed by atoms with Crippen molar-refractivity contribution in [3.05, 3.63) is 58.5 Å². The quantitative estimate of drug-likeness (QED) is 0.724. The van der Waals surface area contributed by atoms with E-state index in [0.717, 1.165) is 12.1 Å². The summed E-state index contributed by atoms with van der Waals surface area (Å²) in [4.78, 5) is 17.9. The van der Waals surface area contributed by atoms with Crippen LogP contribution in [0.3, 0.4) is 0 Å². The minimum Gasteiger partial charge on any atom is -0.468 e. The third-order valence-electron chi connectivity index (χ3n) is 4.47. The zero-order chi connectivity index (χ0) is 19.8. The number of rotatable bonds is 3. The second kappa shape index (κ2) is 7.31. The highest BCUT2D eigenvalue weighted by atomic mass is 35.5. The monoisotopic (exact) mass is 410 g/mol. The molecule has 0 unspecified atom stereocenters. The summed E-state index contributed by atoms with van der Waals surface area (Å²) < 4.78 is 46.1. The summed E-state index contributed by atoms with van der Waals surface area (Å²) in [7, 11) is 0. The summed E-state index contributed by atoms with van der Waals surface area (Å²) in [6, 6.07) is 4.56. The number of pyridine rings is 1. The number of nitrogens with zero attached hydrogens (tertiary/aromatic N) is 4. The van der Waals surface area contributed by atoms with Crippen molar-refractivity contribution in [3.8, 4) is 5.88 Å². The number of ether oxygens (including phenoxy) is 1. The average Bonchev–Trinajstić information content (AvgIpc) is 3.09. The summed E-state index contributed by atoms with van der Waals surface area (Å²) in [5.41, 5.74) is 0.321. The van der Waals surface area contributed by atoms with Crippen LogP contribution >= 0.6 is 11.6 Å². The molecule has 2 aliphatic rings. The first kappa shape index (κ1) is 18.5. The Labute approximate surface area is 163 Å². The van der Waals surface area contributed by atoms with Crippen molar-refractivity contribution >= 4 is 23.8 Å². The second-order valence-electron chi connectivity index (χ2n) is 6.45. The molecule has 0 aliphatic carbocycles. The number of urea groups is 1. The van der Waals surface area contributed by atoms with Gasteiger partial charge in [0.2, 0.25) is 0 Å². The fourth-order valence-electron chi connectivity index (χ4n) is 3.10. The van der Waals surface area contributed by atoms with Crippen LogP contribution in [-0.2, 0) is 0 Å². The Kier molecular flexibility index (Phi) is 4.84. The topological polar surface area (TPSA) is 58.0 Å². The molecule has 0 radical (unpaired) electrons. The van der Waals surface area contributed by atoms with Gasteiger partial charge in [-0.15, -0.1) is 0 Å². The molecule has 2 aliphatic heterocycles. The first-order valence-corrected chi connectivity index (χ1v) is 8.84. The molecule has 2 aromatic rings. The molecule has 1 aromatic heterocycles. The van der Waals surface area contributed by atoms with E-state index in [-0.39, 0.29) is 24.1 Å². The minimum absolute atomic E-state index is 0.0974. The Balaban J connectivity index is 1.40. The van der Waals surface area contributed by atoms with E-state index >= 15 is 0 Å². The molecule has 0 bridgehead atoms. The maximum atomic E-state index is 13.7. The summed E-state index contributed by atoms with van der Waals surface area (Å²) >= 11 is 5.72. The van der Waals surface area contributed by atoms with Crippen molar-refractivity contribution in [2.24, 2.45) is 5.10 Å². The third-order valence-corrected chi connectivity index (χ3v) is 4.68. The van der Waals surface area contributed by atoms with Crippen molar-refractivity contribution in [1.29, 1.82) is 0 Å². The van der Waals surface area contributed by atoms with Crippen LogP contribution in [0, 0.1) is 17.5 Å². The van der Waals surface area contributed by atoms with Crippen LogP contribution in [0.4, 0.5) is 18.0 Å². The lowest BCUT2D eigenvalue weighted by atomic mass is 10.0. The number of amides is 2. The van der Waals surface area contributed by atoms with Crippen LogP contribution < -0.4 is 4.74 Å². The van der Waals surface area contributed by atoms with Crippen LogP contribution in [0.15, 0.2) is 35.4 Å². The molecule has 146 valence electrons. The van der Waals surface area contributed by atoms with E-state index in [1.54, 1.807) is 0 Å². The number of benzene rings is 1. The highest BCUT2D eigenvalue weighted by molar-refractivity contribution is 6.29. The molecule has 0 spiro atoms. The van der Waals surface area contributed by atoms with Gasteiger partial charge in [0.25, 0.3) is 5.88 Å². The Morgan fingerprint density at radius 3 is 2.57 bits per heavy atom. The van der Waals surface area contributed by atoms with Crippen molar-refractivity contribution in [2.45, 2.75) is 18.6 Å². The van der Waals surface area contributed by atoms with E-state index in [1.807, 2.05) is 0 Å². The van der Waals surface area contributed by atoms with Crippen molar-refractivity contribution in [3.63, 3.8) is 0 Å². The number of carbonyl (C=O) groups is 1. The van der Waals surface area contributed by atoms with E-state index < -0.39 is 35.6 Å². The number of aromatic nitrogens is 1. The van der Waals surface area contributed by atoms with Crippen molar-refractivity contribution in [2.75, 3.05) is 13.1 Å². The lowest BCUT2D eigenvalue weighted by molar-refractivity contribution is 0.0230. The molecular formula is C18H14ClF3N4O2. The largest absolute Gasteiger partial charge is 0.468 e. The van der Waals surface area contributed by atoms with Gasteiger partial charge in [0.05, 0.1) is 19.1 Å². The summed E-state index contributed by atoms with van der Waals surface area (Å²) in [6.45, 7) is 0.394. The number of carbonyl (C=O) groups excluding carboxylic acids is 1. The van der Waals surface area contributed by atoms with E-state index in [0.29, 0.717) is 12.0 Å². The number of hydrogen-bond acceptors (Lipinski definition) is 4. The van der Waals surface area contributed by atoms with E-state index in [2.05, 4.69) is 10.1 Å². The molecule has 0 N–H and O–H groups in total. The molecule has 2 amide bonds. The van der Waals surface area contributed by atoms with Crippen LogP contribution in [0.25, 0.3) is 0 Å². The molecule has 4 rings (SSSR count). The Hall–Kier alpha value is -2.81. The summed E-state index contributed by atoms with van der Waals surface area (Å²) in [5.74, 6) is -2.31. The predicted octanol–water partition coefficient (Wildman–Crippen LogP) is 3.77. The maximum Gasteiger partial charge on any atom is 0.341 e. The van der Waals surface area contributed by atoms with E-state index in [9.17, 15) is 18.0 Å². The van der Waals surface area contributed by atoms with Gasteiger partial charge in [-0.25, -0.2) is 23.0 Å². The average molecular weight is 411 g/mol. The summed E-state index contributed by atoms with van der Waals surface area (Å²) in [5, 5.41) is 5.31. The Morgan fingerprint density at radius 1 is 1.14 bits per heavy atom. The van der Waals surface area contributed by atoms with Crippen LogP contribution in [0.1, 0.15) is 18.0 Å². The van der Waals surface area contributed by atoms with Gasteiger partial charge in [-0.05, 0) is 29.8 Å². The van der Waals surface area contributed by atoms with Gasteiger partial charge in [-0.1, -0.05) is 11.6 Å². The van der Waals surface area contributed by atoms with Crippen LogP contribution in [0.5, 0.6) is 5.88 Å². The normalized spacial score (nSPS) is 19.1. The first-order valence-electron chi connectivity index (χ1n) is 8.46. The third kappa shape index (κ3) is 3.62. The first-order chi connectivity index (χ1) is 13.4. The second-order valence-corrected chi connectivity index (χ2v) is 6.83. The SMILES string of the molecule is O=C(N1CC(Oc2nc(Cl)ccc2F)C1)N1N=CC[C@H]1c1cc(F)cc(F)c1. The molecule has 3 heterocycles. The predicted molar refractivity (Wildman–Crippen MR) is 94.6 cm³/mol. The zero-order valence-corrected chi connectivity index (χ0v) is 15.1. The number of hydrogen-bond donors (Lipinski definition) is 0. The molecule has 1 aromatic carbocycles. The molecule has 0 saturated carbocycles. The highest BCUT2D eigenvalue weighted by Crippen LogP contribution is 2.31. The van der Waals surface area contributed by atoms with Gasteiger partial charge in [-0.2, -0.15) is 10.1 Å². The Morgan fingerprint density at radius 2 is 1.86 bits per heavy atom. The standard InChI is InChI=1S/C18H14ClF3N4O2/c19-16-2-1-14(22)17(24-16)28-13-8-25(9-13)18(27)26-15(3-4-23-26)10-5-11(20)7-12(21)6-10/h1-2,4-7,13,15H,3,8-9H2/t15-/m0/s1. The van der Waals surface area contributed by atoms with E-state index in [1.165, 1.54) is 34.3 Å². The fraction of sp³-hybridized carbons (Fsp3) is 0.278.